The van der Waals surface area contributed by atoms with Crippen LogP contribution < -0.4 is 15.4 Å². The van der Waals surface area contributed by atoms with Gasteiger partial charge in [0.05, 0.1) is 4.47 Å². The highest BCUT2D eigenvalue weighted by Gasteiger charge is 2.15. The summed E-state index contributed by atoms with van der Waals surface area (Å²) >= 11 is 3.52. The van der Waals surface area contributed by atoms with Gasteiger partial charge >= 0.3 is 0 Å². The summed E-state index contributed by atoms with van der Waals surface area (Å²) in [5, 5.41) is 5.68. The minimum atomic E-state index is -0.263. The van der Waals surface area contributed by atoms with E-state index in [1.54, 1.807) is 24.3 Å². The molecule has 0 saturated heterocycles. The van der Waals surface area contributed by atoms with Gasteiger partial charge in [-0.3, -0.25) is 9.59 Å². The van der Waals surface area contributed by atoms with Crippen LogP contribution in [0.3, 0.4) is 0 Å². The van der Waals surface area contributed by atoms with Crippen molar-refractivity contribution in [2.24, 2.45) is 0 Å². The molecule has 33 heavy (non-hydrogen) atoms. The van der Waals surface area contributed by atoms with Crippen LogP contribution in [0.15, 0.2) is 77.3 Å². The molecule has 0 aromatic heterocycles. The highest BCUT2D eigenvalue weighted by atomic mass is 79.9. The molecule has 5 nitrogen and oxygen atoms in total. The Morgan fingerprint density at radius 1 is 0.848 bits per heavy atom. The molecule has 0 bridgehead atoms. The molecule has 2 N–H and O–H groups in total. The number of hydrogen-bond acceptors (Lipinski definition) is 3. The lowest BCUT2D eigenvalue weighted by molar-refractivity contribution is -0.118. The molecule has 0 aliphatic rings. The zero-order valence-corrected chi connectivity index (χ0v) is 20.7. The summed E-state index contributed by atoms with van der Waals surface area (Å²) in [5.41, 5.74) is 3.66. The van der Waals surface area contributed by atoms with Gasteiger partial charge in [0.2, 0.25) is 5.91 Å². The first-order chi connectivity index (χ1) is 15.7. The van der Waals surface area contributed by atoms with Gasteiger partial charge in [-0.2, -0.15) is 0 Å². The van der Waals surface area contributed by atoms with E-state index in [2.05, 4.69) is 47.3 Å². The van der Waals surface area contributed by atoms with Gasteiger partial charge in [0.25, 0.3) is 5.91 Å². The lowest BCUT2D eigenvalue weighted by Gasteiger charge is -2.20. The van der Waals surface area contributed by atoms with Crippen LogP contribution >= 0.6 is 15.9 Å². The summed E-state index contributed by atoms with van der Waals surface area (Å²) in [6.45, 7) is 6.32. The number of carbonyl (C=O) groups is 2. The van der Waals surface area contributed by atoms with Gasteiger partial charge in [-0.15, -0.1) is 0 Å². The fraction of sp³-hybridized carbons (Fsp3) is 0.259. The molecule has 0 aliphatic carbocycles. The first kappa shape index (κ1) is 24.5. The van der Waals surface area contributed by atoms with Crippen molar-refractivity contribution in [3.63, 3.8) is 0 Å². The van der Waals surface area contributed by atoms with Crippen LogP contribution in [-0.4, -0.2) is 18.4 Å². The molecule has 6 heteroatoms. The number of nitrogens with one attached hydrogen (secondary N) is 2. The van der Waals surface area contributed by atoms with Gasteiger partial charge in [0.1, 0.15) is 5.75 Å². The van der Waals surface area contributed by atoms with E-state index in [0.717, 1.165) is 10.0 Å². The maximum absolute atomic E-state index is 12.3. The maximum atomic E-state index is 12.3. The van der Waals surface area contributed by atoms with Crippen LogP contribution in [0.4, 0.5) is 11.4 Å². The standard InChI is InChI=1S/C27H29BrN2O3/c1-27(2,3)20-10-15-24(23(28)17-20)33-18-26(32)30-22-13-11-21(12-14-22)29-25(31)16-9-19-7-5-4-6-8-19/h4-8,10-15,17H,9,16,18H2,1-3H3,(H,29,31)(H,30,32). The zero-order valence-electron chi connectivity index (χ0n) is 19.2. The lowest BCUT2D eigenvalue weighted by Crippen LogP contribution is -2.20. The summed E-state index contributed by atoms with van der Waals surface area (Å²) in [6.07, 6.45) is 1.10. The Morgan fingerprint density at radius 3 is 2.03 bits per heavy atom. The fourth-order valence-electron chi connectivity index (χ4n) is 3.19. The minimum absolute atomic E-state index is 0.0337. The van der Waals surface area contributed by atoms with Crippen molar-refractivity contribution in [1.29, 1.82) is 0 Å². The Kier molecular flexibility index (Phi) is 8.28. The van der Waals surface area contributed by atoms with Gasteiger partial charge < -0.3 is 15.4 Å². The van der Waals surface area contributed by atoms with Crippen molar-refractivity contribution in [3.8, 4) is 5.75 Å². The summed E-state index contributed by atoms with van der Waals surface area (Å²) in [6, 6.07) is 22.8. The first-order valence-corrected chi connectivity index (χ1v) is 11.7. The number of rotatable bonds is 8. The van der Waals surface area contributed by atoms with E-state index in [4.69, 9.17) is 4.74 Å². The summed E-state index contributed by atoms with van der Waals surface area (Å²) in [5.74, 6) is 0.306. The maximum Gasteiger partial charge on any atom is 0.262 e. The number of amides is 2. The third-order valence-corrected chi connectivity index (χ3v) is 5.71. The predicted molar refractivity (Wildman–Crippen MR) is 137 cm³/mol. The third-order valence-electron chi connectivity index (χ3n) is 5.09. The molecular weight excluding hydrogens is 480 g/mol. The molecule has 0 atom stereocenters. The number of halogens is 1. The molecule has 0 aliphatic heterocycles. The van der Waals surface area contributed by atoms with Crippen molar-refractivity contribution in [2.45, 2.75) is 39.0 Å². The van der Waals surface area contributed by atoms with Crippen molar-refractivity contribution in [3.05, 3.63) is 88.4 Å². The fourth-order valence-corrected chi connectivity index (χ4v) is 3.68. The number of ether oxygens (including phenoxy) is 1. The Bertz CT molecular complexity index is 1090. The molecular formula is C27H29BrN2O3. The Balaban J connectivity index is 1.45. The quantitative estimate of drug-likeness (QED) is 0.373. The molecule has 3 aromatic rings. The molecule has 0 spiro atoms. The van der Waals surface area contributed by atoms with E-state index in [1.807, 2.05) is 48.5 Å². The molecule has 0 radical (unpaired) electrons. The Labute approximate surface area is 203 Å². The van der Waals surface area contributed by atoms with Crippen molar-refractivity contribution in [2.75, 3.05) is 17.2 Å². The van der Waals surface area contributed by atoms with E-state index < -0.39 is 0 Å². The van der Waals surface area contributed by atoms with Gasteiger partial charge in [-0.1, -0.05) is 57.2 Å². The van der Waals surface area contributed by atoms with Gasteiger partial charge in [0, 0.05) is 17.8 Å². The Morgan fingerprint density at radius 2 is 1.45 bits per heavy atom. The number of carbonyl (C=O) groups excluding carboxylic acids is 2. The molecule has 0 fully saturated rings. The van der Waals surface area contributed by atoms with E-state index >= 15 is 0 Å². The number of hydrogen-bond donors (Lipinski definition) is 2. The van der Waals surface area contributed by atoms with Crippen LogP contribution in [0.25, 0.3) is 0 Å². The summed E-state index contributed by atoms with van der Waals surface area (Å²) < 4.78 is 6.48. The van der Waals surface area contributed by atoms with Crippen LogP contribution in [0, 0.1) is 0 Å². The highest BCUT2D eigenvalue weighted by Crippen LogP contribution is 2.31. The predicted octanol–water partition coefficient (Wildman–Crippen LogP) is 6.34. The third kappa shape index (κ3) is 7.75. The number of anilines is 2. The summed E-state index contributed by atoms with van der Waals surface area (Å²) in [7, 11) is 0. The second kappa shape index (κ2) is 11.1. The molecule has 0 heterocycles. The Hall–Kier alpha value is -3.12. The van der Waals surface area contributed by atoms with Crippen LogP contribution in [0.1, 0.15) is 38.3 Å². The van der Waals surface area contributed by atoms with Crippen LogP contribution in [0.5, 0.6) is 5.75 Å². The van der Waals surface area contributed by atoms with Crippen molar-refractivity contribution in [1.82, 2.24) is 0 Å². The van der Waals surface area contributed by atoms with E-state index in [1.165, 1.54) is 5.56 Å². The van der Waals surface area contributed by atoms with Gasteiger partial charge in [-0.05, 0) is 75.3 Å². The molecule has 0 unspecified atom stereocenters. The SMILES string of the molecule is CC(C)(C)c1ccc(OCC(=O)Nc2ccc(NC(=O)CCc3ccccc3)cc2)c(Br)c1. The average molecular weight is 509 g/mol. The van der Waals surface area contributed by atoms with Crippen LogP contribution in [-0.2, 0) is 21.4 Å². The number of aryl methyl sites for hydroxylation is 1. The summed E-state index contributed by atoms with van der Waals surface area (Å²) in [4.78, 5) is 24.5. The second-order valence-electron chi connectivity index (χ2n) is 8.84. The van der Waals surface area contributed by atoms with Crippen LogP contribution in [0.2, 0.25) is 0 Å². The molecule has 3 rings (SSSR count). The molecule has 2 amide bonds. The molecule has 0 saturated carbocycles. The number of benzene rings is 3. The normalized spacial score (nSPS) is 11.0. The topological polar surface area (TPSA) is 67.4 Å². The van der Waals surface area contributed by atoms with E-state index in [-0.39, 0.29) is 23.8 Å². The monoisotopic (exact) mass is 508 g/mol. The second-order valence-corrected chi connectivity index (χ2v) is 9.70. The van der Waals surface area contributed by atoms with Gasteiger partial charge in [-0.25, -0.2) is 0 Å². The average Bonchev–Trinajstić information content (AvgIpc) is 2.78. The van der Waals surface area contributed by atoms with Crippen molar-refractivity contribution < 1.29 is 14.3 Å². The molecule has 3 aromatic carbocycles. The van der Waals surface area contributed by atoms with E-state index in [9.17, 15) is 9.59 Å². The highest BCUT2D eigenvalue weighted by molar-refractivity contribution is 9.10. The minimum Gasteiger partial charge on any atom is -0.483 e. The molecule has 172 valence electrons. The lowest BCUT2D eigenvalue weighted by atomic mass is 9.87. The zero-order chi connectivity index (χ0) is 23.8. The smallest absolute Gasteiger partial charge is 0.262 e. The first-order valence-electron chi connectivity index (χ1n) is 10.9. The van der Waals surface area contributed by atoms with Crippen molar-refractivity contribution >= 4 is 39.1 Å². The largest absolute Gasteiger partial charge is 0.483 e. The van der Waals surface area contributed by atoms with Gasteiger partial charge in [0.15, 0.2) is 6.61 Å². The van der Waals surface area contributed by atoms with E-state index in [0.29, 0.717) is 30.0 Å².